The van der Waals surface area contributed by atoms with Crippen molar-refractivity contribution in [1.82, 2.24) is 5.32 Å². The number of hydrogen-bond donors (Lipinski definition) is 2. The summed E-state index contributed by atoms with van der Waals surface area (Å²) in [6.07, 6.45) is 0.970. The Morgan fingerprint density at radius 1 is 1.05 bits per heavy atom. The normalized spacial score (nSPS) is 10.2. The Balaban J connectivity index is 1.92. The number of hydrogen-bond acceptors (Lipinski definition) is 1. The van der Waals surface area contributed by atoms with Crippen LogP contribution in [0.2, 0.25) is 10.0 Å². The average molecular weight is 323 g/mol. The lowest BCUT2D eigenvalue weighted by Crippen LogP contribution is -2.28. The molecule has 0 radical (unpaired) electrons. The van der Waals surface area contributed by atoms with Crippen LogP contribution in [0.25, 0.3) is 0 Å². The van der Waals surface area contributed by atoms with Gasteiger partial charge in [-0.1, -0.05) is 48.3 Å². The van der Waals surface area contributed by atoms with E-state index in [9.17, 15) is 4.79 Å². The Morgan fingerprint density at radius 3 is 2.24 bits per heavy atom. The summed E-state index contributed by atoms with van der Waals surface area (Å²) < 4.78 is 0. The molecule has 0 aliphatic carbocycles. The second-order valence-corrected chi connectivity index (χ2v) is 5.37. The topological polar surface area (TPSA) is 41.1 Å². The Labute approximate surface area is 134 Å². The van der Waals surface area contributed by atoms with Gasteiger partial charge in [0, 0.05) is 27.8 Å². The summed E-state index contributed by atoms with van der Waals surface area (Å²) >= 11 is 12.1. The van der Waals surface area contributed by atoms with Crippen molar-refractivity contribution >= 4 is 34.9 Å². The number of nitrogens with one attached hydrogen (secondary N) is 2. The molecule has 2 rings (SSSR count). The predicted octanol–water partition coefficient (Wildman–Crippen LogP) is 4.88. The van der Waals surface area contributed by atoms with Gasteiger partial charge in [0.25, 0.3) is 0 Å². The summed E-state index contributed by atoms with van der Waals surface area (Å²) in [5.41, 5.74) is 2.68. The molecule has 0 atom stereocenters. The average Bonchev–Trinajstić information content (AvgIpc) is 2.47. The van der Waals surface area contributed by atoms with Crippen LogP contribution in [0.3, 0.4) is 0 Å². The van der Waals surface area contributed by atoms with Crippen molar-refractivity contribution in [2.45, 2.75) is 19.9 Å². The first kappa shape index (κ1) is 15.7. The minimum Gasteiger partial charge on any atom is -0.334 e. The van der Waals surface area contributed by atoms with Crippen molar-refractivity contribution in [2.24, 2.45) is 0 Å². The van der Waals surface area contributed by atoms with E-state index < -0.39 is 0 Å². The fourth-order valence-electron chi connectivity index (χ4n) is 1.87. The highest BCUT2D eigenvalue weighted by atomic mass is 35.5. The molecule has 5 heteroatoms. The zero-order valence-electron chi connectivity index (χ0n) is 11.6. The third kappa shape index (κ3) is 4.38. The summed E-state index contributed by atoms with van der Waals surface area (Å²) in [4.78, 5) is 11.9. The third-order valence-corrected chi connectivity index (χ3v) is 3.82. The van der Waals surface area contributed by atoms with Crippen molar-refractivity contribution in [3.63, 3.8) is 0 Å². The molecule has 0 bridgehead atoms. The van der Waals surface area contributed by atoms with Crippen LogP contribution in [0.1, 0.15) is 18.1 Å². The molecule has 2 amide bonds. The maximum atomic E-state index is 11.9. The van der Waals surface area contributed by atoms with Crippen molar-refractivity contribution < 1.29 is 4.79 Å². The number of benzene rings is 2. The molecule has 0 fully saturated rings. The fourth-order valence-corrected chi connectivity index (χ4v) is 2.40. The Hall–Kier alpha value is -1.71. The van der Waals surface area contributed by atoms with Gasteiger partial charge in [-0.3, -0.25) is 0 Å². The van der Waals surface area contributed by atoms with E-state index in [-0.39, 0.29) is 12.6 Å². The maximum Gasteiger partial charge on any atom is 0.319 e. The van der Waals surface area contributed by atoms with E-state index >= 15 is 0 Å². The lowest BCUT2D eigenvalue weighted by Gasteiger charge is -2.10. The number of aryl methyl sites for hydroxylation is 1. The highest BCUT2D eigenvalue weighted by molar-refractivity contribution is 6.36. The second-order valence-electron chi connectivity index (χ2n) is 4.56. The van der Waals surface area contributed by atoms with Crippen LogP contribution in [-0.4, -0.2) is 6.03 Å². The number of anilines is 1. The summed E-state index contributed by atoms with van der Waals surface area (Å²) in [7, 11) is 0. The first-order valence-electron chi connectivity index (χ1n) is 6.67. The van der Waals surface area contributed by atoms with Crippen LogP contribution >= 0.6 is 23.2 Å². The smallest absolute Gasteiger partial charge is 0.319 e. The zero-order valence-corrected chi connectivity index (χ0v) is 13.1. The predicted molar refractivity (Wildman–Crippen MR) is 88.1 cm³/mol. The Bertz CT molecular complexity index is 606. The SMILES string of the molecule is CCc1ccc(NC(=O)NCc2c(Cl)cccc2Cl)cc1. The molecule has 0 unspecified atom stereocenters. The van der Waals surface area contributed by atoms with Gasteiger partial charge in [0.1, 0.15) is 0 Å². The second kappa shape index (κ2) is 7.34. The molecule has 2 N–H and O–H groups in total. The van der Waals surface area contributed by atoms with Gasteiger partial charge in [-0.15, -0.1) is 0 Å². The molecule has 0 saturated heterocycles. The van der Waals surface area contributed by atoms with E-state index in [1.54, 1.807) is 18.2 Å². The summed E-state index contributed by atoms with van der Waals surface area (Å²) in [5.74, 6) is 0. The first-order chi connectivity index (χ1) is 10.1. The molecule has 0 saturated carbocycles. The lowest BCUT2D eigenvalue weighted by molar-refractivity contribution is 0.252. The molecular weight excluding hydrogens is 307 g/mol. The molecule has 0 aromatic heterocycles. The minimum atomic E-state index is -0.296. The molecule has 0 heterocycles. The van der Waals surface area contributed by atoms with Crippen LogP contribution in [0.4, 0.5) is 10.5 Å². The number of carbonyl (C=O) groups excluding carboxylic acids is 1. The van der Waals surface area contributed by atoms with Crippen LogP contribution in [-0.2, 0) is 13.0 Å². The van der Waals surface area contributed by atoms with E-state index in [0.29, 0.717) is 15.6 Å². The quantitative estimate of drug-likeness (QED) is 0.827. The van der Waals surface area contributed by atoms with E-state index in [2.05, 4.69) is 17.6 Å². The van der Waals surface area contributed by atoms with Gasteiger partial charge in [0.15, 0.2) is 0 Å². The van der Waals surface area contributed by atoms with Crippen LogP contribution in [0.15, 0.2) is 42.5 Å². The molecule has 0 spiro atoms. The van der Waals surface area contributed by atoms with Gasteiger partial charge in [0.2, 0.25) is 0 Å². The van der Waals surface area contributed by atoms with Crippen LogP contribution in [0.5, 0.6) is 0 Å². The lowest BCUT2D eigenvalue weighted by atomic mass is 10.1. The molecule has 3 nitrogen and oxygen atoms in total. The highest BCUT2D eigenvalue weighted by Gasteiger charge is 2.07. The molecule has 2 aromatic rings. The zero-order chi connectivity index (χ0) is 15.2. The number of carbonyl (C=O) groups is 1. The number of rotatable bonds is 4. The standard InChI is InChI=1S/C16H16Cl2N2O/c1-2-11-6-8-12(9-7-11)20-16(21)19-10-13-14(17)4-3-5-15(13)18/h3-9H,2,10H2,1H3,(H2,19,20,21). The first-order valence-corrected chi connectivity index (χ1v) is 7.42. The largest absolute Gasteiger partial charge is 0.334 e. The Morgan fingerprint density at radius 2 is 1.67 bits per heavy atom. The van der Waals surface area contributed by atoms with Gasteiger partial charge in [-0.25, -0.2) is 4.79 Å². The van der Waals surface area contributed by atoms with Gasteiger partial charge in [0.05, 0.1) is 0 Å². The molecule has 2 aromatic carbocycles. The summed E-state index contributed by atoms with van der Waals surface area (Å²) in [6.45, 7) is 2.36. The van der Waals surface area contributed by atoms with Crippen molar-refractivity contribution in [3.8, 4) is 0 Å². The molecule has 110 valence electrons. The number of urea groups is 1. The molecular formula is C16H16Cl2N2O. The van der Waals surface area contributed by atoms with E-state index in [1.165, 1.54) is 5.56 Å². The third-order valence-electron chi connectivity index (χ3n) is 3.11. The van der Waals surface area contributed by atoms with E-state index in [1.807, 2.05) is 24.3 Å². The van der Waals surface area contributed by atoms with Crippen LogP contribution < -0.4 is 10.6 Å². The molecule has 0 aliphatic rings. The van der Waals surface area contributed by atoms with Crippen LogP contribution in [0, 0.1) is 0 Å². The van der Waals surface area contributed by atoms with Gasteiger partial charge >= 0.3 is 6.03 Å². The fraction of sp³-hybridized carbons (Fsp3) is 0.188. The molecule has 0 aliphatic heterocycles. The monoisotopic (exact) mass is 322 g/mol. The van der Waals surface area contributed by atoms with E-state index in [4.69, 9.17) is 23.2 Å². The summed E-state index contributed by atoms with van der Waals surface area (Å²) in [6, 6.07) is 12.7. The number of amides is 2. The number of halogens is 2. The van der Waals surface area contributed by atoms with Gasteiger partial charge in [-0.05, 0) is 36.2 Å². The highest BCUT2D eigenvalue weighted by Crippen LogP contribution is 2.23. The maximum absolute atomic E-state index is 11.9. The van der Waals surface area contributed by atoms with E-state index in [0.717, 1.165) is 12.1 Å². The van der Waals surface area contributed by atoms with Crippen molar-refractivity contribution in [1.29, 1.82) is 0 Å². The molecule has 21 heavy (non-hydrogen) atoms. The Kier molecular flexibility index (Phi) is 5.48. The minimum absolute atomic E-state index is 0.275. The van der Waals surface area contributed by atoms with Gasteiger partial charge < -0.3 is 10.6 Å². The van der Waals surface area contributed by atoms with Crippen molar-refractivity contribution in [3.05, 3.63) is 63.6 Å². The van der Waals surface area contributed by atoms with Crippen molar-refractivity contribution in [2.75, 3.05) is 5.32 Å². The van der Waals surface area contributed by atoms with Gasteiger partial charge in [-0.2, -0.15) is 0 Å². The summed E-state index contributed by atoms with van der Waals surface area (Å²) in [5, 5.41) is 6.58.